The molecule has 0 spiro atoms. The molecule has 0 saturated heterocycles. The zero-order valence-electron chi connectivity index (χ0n) is 11.2. The predicted molar refractivity (Wildman–Crippen MR) is 70.6 cm³/mol. The number of hydrogen-bond donors (Lipinski definition) is 1. The Morgan fingerprint density at radius 3 is 2.76 bits per heavy atom. The molecule has 0 aliphatic rings. The Bertz CT molecular complexity index is 415. The predicted octanol–water partition coefficient (Wildman–Crippen LogP) is 2.55. The second-order valence-electron chi connectivity index (χ2n) is 4.10. The van der Waals surface area contributed by atoms with E-state index in [9.17, 15) is 0 Å². The highest BCUT2D eigenvalue weighted by molar-refractivity contribution is 5.24. The van der Waals surface area contributed by atoms with E-state index in [0.717, 1.165) is 30.8 Å². The maximum absolute atomic E-state index is 4.18. The Labute approximate surface area is 104 Å². The molecule has 1 N–H and O–H groups in total. The van der Waals surface area contributed by atoms with Crippen LogP contribution in [-0.4, -0.2) is 16.7 Å². The van der Waals surface area contributed by atoms with Gasteiger partial charge in [0, 0.05) is 12.5 Å². The Morgan fingerprint density at radius 1 is 1.35 bits per heavy atom. The molecular weight excluding hydrogens is 210 g/mol. The molecule has 1 aromatic heterocycles. The first-order valence-electron chi connectivity index (χ1n) is 6.12. The highest BCUT2D eigenvalue weighted by Crippen LogP contribution is 2.20. The smallest absolute Gasteiger partial charge is 0.0648 e. The summed E-state index contributed by atoms with van der Waals surface area (Å²) in [6.07, 6.45) is 1.93. The lowest BCUT2D eigenvalue weighted by Gasteiger charge is -2.18. The van der Waals surface area contributed by atoms with Crippen molar-refractivity contribution in [2.75, 3.05) is 6.54 Å². The van der Waals surface area contributed by atoms with Gasteiger partial charge in [-0.25, -0.2) is 0 Å². The summed E-state index contributed by atoms with van der Waals surface area (Å²) in [4.78, 5) is 0. The van der Waals surface area contributed by atoms with Crippen LogP contribution in [0.15, 0.2) is 6.07 Å². The van der Waals surface area contributed by atoms with Crippen molar-refractivity contribution in [2.24, 2.45) is 0 Å². The van der Waals surface area contributed by atoms with Crippen molar-refractivity contribution in [2.45, 2.75) is 46.6 Å². The van der Waals surface area contributed by atoms with Crippen molar-refractivity contribution in [3.8, 4) is 11.8 Å². The van der Waals surface area contributed by atoms with Crippen molar-refractivity contribution in [3.05, 3.63) is 23.0 Å². The lowest BCUT2D eigenvalue weighted by molar-refractivity contribution is 0.516. The van der Waals surface area contributed by atoms with Gasteiger partial charge in [0.2, 0.25) is 0 Å². The van der Waals surface area contributed by atoms with Crippen LogP contribution in [0.5, 0.6) is 0 Å². The molecule has 0 aliphatic carbocycles. The van der Waals surface area contributed by atoms with Crippen LogP contribution >= 0.6 is 0 Å². The Kier molecular flexibility index (Phi) is 5.65. The number of nitrogens with zero attached hydrogens (tertiary/aromatic N) is 2. The number of hydrogen-bond acceptors (Lipinski definition) is 3. The van der Waals surface area contributed by atoms with Crippen molar-refractivity contribution < 1.29 is 0 Å². The zero-order chi connectivity index (χ0) is 12.7. The fraction of sp³-hybridized carbons (Fsp3) is 0.571. The summed E-state index contributed by atoms with van der Waals surface area (Å²) < 4.78 is 0. The van der Waals surface area contributed by atoms with Gasteiger partial charge >= 0.3 is 0 Å². The molecule has 0 saturated carbocycles. The van der Waals surface area contributed by atoms with Gasteiger partial charge in [-0.2, -0.15) is 10.2 Å². The van der Waals surface area contributed by atoms with E-state index in [1.54, 1.807) is 0 Å². The highest BCUT2D eigenvalue weighted by atomic mass is 15.1. The van der Waals surface area contributed by atoms with E-state index in [2.05, 4.69) is 40.3 Å². The van der Waals surface area contributed by atoms with Gasteiger partial charge in [0.25, 0.3) is 0 Å². The van der Waals surface area contributed by atoms with E-state index < -0.39 is 0 Å². The Hall–Kier alpha value is -1.40. The molecule has 0 aromatic carbocycles. The van der Waals surface area contributed by atoms with Gasteiger partial charge in [0.05, 0.1) is 11.4 Å². The molecule has 0 radical (unpaired) electrons. The molecule has 3 nitrogen and oxygen atoms in total. The SMILES string of the molecule is CC#CCCC(NCC)c1cc(C)nnc1C. The van der Waals surface area contributed by atoms with Crippen LogP contribution in [0.3, 0.4) is 0 Å². The van der Waals surface area contributed by atoms with Gasteiger partial charge < -0.3 is 5.32 Å². The third-order valence-corrected chi connectivity index (χ3v) is 2.70. The molecule has 92 valence electrons. The monoisotopic (exact) mass is 231 g/mol. The largest absolute Gasteiger partial charge is 0.310 e. The summed E-state index contributed by atoms with van der Waals surface area (Å²) in [5.41, 5.74) is 3.22. The van der Waals surface area contributed by atoms with Crippen LogP contribution in [0.1, 0.15) is 49.7 Å². The van der Waals surface area contributed by atoms with E-state index >= 15 is 0 Å². The third kappa shape index (κ3) is 4.16. The van der Waals surface area contributed by atoms with Crippen molar-refractivity contribution in [3.63, 3.8) is 0 Å². The Morgan fingerprint density at radius 2 is 2.12 bits per heavy atom. The quantitative estimate of drug-likeness (QED) is 0.791. The molecule has 1 aromatic rings. The number of aromatic nitrogens is 2. The van der Waals surface area contributed by atoms with E-state index in [4.69, 9.17) is 0 Å². The molecule has 1 unspecified atom stereocenters. The first kappa shape index (κ1) is 13.7. The number of nitrogens with one attached hydrogen (secondary N) is 1. The molecule has 3 heteroatoms. The summed E-state index contributed by atoms with van der Waals surface area (Å²) in [6.45, 7) is 8.94. The maximum atomic E-state index is 4.18. The summed E-state index contributed by atoms with van der Waals surface area (Å²) in [7, 11) is 0. The molecule has 17 heavy (non-hydrogen) atoms. The average molecular weight is 231 g/mol. The van der Waals surface area contributed by atoms with E-state index in [-0.39, 0.29) is 0 Å². The van der Waals surface area contributed by atoms with Gasteiger partial charge in [-0.3, -0.25) is 0 Å². The van der Waals surface area contributed by atoms with Crippen LogP contribution in [0.2, 0.25) is 0 Å². The van der Waals surface area contributed by atoms with Gasteiger partial charge in [0.15, 0.2) is 0 Å². The van der Waals surface area contributed by atoms with Gasteiger partial charge in [0.1, 0.15) is 0 Å². The third-order valence-electron chi connectivity index (χ3n) is 2.70. The molecular formula is C14H21N3. The highest BCUT2D eigenvalue weighted by Gasteiger charge is 2.13. The second-order valence-corrected chi connectivity index (χ2v) is 4.10. The van der Waals surface area contributed by atoms with Gasteiger partial charge in [-0.15, -0.1) is 11.8 Å². The standard InChI is InChI=1S/C14H21N3/c1-5-7-8-9-14(15-6-2)13-10-11(3)16-17-12(13)4/h10,14-15H,6,8-9H2,1-4H3. The Balaban J connectivity index is 2.86. The van der Waals surface area contributed by atoms with Crippen LogP contribution in [0, 0.1) is 25.7 Å². The first-order valence-corrected chi connectivity index (χ1v) is 6.12. The normalized spacial score (nSPS) is 11.8. The van der Waals surface area contributed by atoms with E-state index in [0.29, 0.717) is 6.04 Å². The molecule has 0 aliphatic heterocycles. The van der Waals surface area contributed by atoms with Gasteiger partial charge in [-0.05, 0) is 45.4 Å². The molecule has 0 amide bonds. The number of rotatable bonds is 5. The second kappa shape index (κ2) is 7.03. The number of aryl methyl sites for hydroxylation is 2. The minimum atomic E-state index is 0.329. The maximum Gasteiger partial charge on any atom is 0.0648 e. The van der Waals surface area contributed by atoms with E-state index in [1.165, 1.54) is 5.56 Å². The molecule has 1 rings (SSSR count). The summed E-state index contributed by atoms with van der Waals surface area (Å²) in [5.74, 6) is 6.05. The summed E-state index contributed by atoms with van der Waals surface area (Å²) >= 11 is 0. The molecule has 1 heterocycles. The average Bonchev–Trinajstić information content (AvgIpc) is 2.32. The van der Waals surface area contributed by atoms with Crippen molar-refractivity contribution in [1.29, 1.82) is 0 Å². The van der Waals surface area contributed by atoms with Gasteiger partial charge in [-0.1, -0.05) is 6.92 Å². The summed E-state index contributed by atoms with van der Waals surface area (Å²) in [5, 5.41) is 11.7. The zero-order valence-corrected chi connectivity index (χ0v) is 11.2. The molecule has 1 atom stereocenters. The molecule has 0 bridgehead atoms. The van der Waals surface area contributed by atoms with Crippen molar-refractivity contribution in [1.82, 2.24) is 15.5 Å². The minimum absolute atomic E-state index is 0.329. The minimum Gasteiger partial charge on any atom is -0.310 e. The fourth-order valence-electron chi connectivity index (χ4n) is 1.88. The van der Waals surface area contributed by atoms with Crippen LogP contribution < -0.4 is 5.32 Å². The first-order chi connectivity index (χ1) is 8.19. The van der Waals surface area contributed by atoms with Crippen LogP contribution in [-0.2, 0) is 0 Å². The van der Waals surface area contributed by atoms with E-state index in [1.807, 2.05) is 20.8 Å². The van der Waals surface area contributed by atoms with Crippen molar-refractivity contribution >= 4 is 0 Å². The molecule has 0 fully saturated rings. The topological polar surface area (TPSA) is 37.8 Å². The van der Waals surface area contributed by atoms with Crippen LogP contribution in [0.25, 0.3) is 0 Å². The fourth-order valence-corrected chi connectivity index (χ4v) is 1.88. The summed E-state index contributed by atoms with van der Waals surface area (Å²) in [6, 6.07) is 2.45. The van der Waals surface area contributed by atoms with Crippen LogP contribution in [0.4, 0.5) is 0 Å². The lowest BCUT2D eigenvalue weighted by Crippen LogP contribution is -2.22. The lowest BCUT2D eigenvalue weighted by atomic mass is 10.0.